The molecule has 0 saturated carbocycles. The molecule has 0 aliphatic rings. The molecule has 0 aromatic rings. The predicted octanol–water partition coefficient (Wildman–Crippen LogP) is 2.50. The zero-order valence-electron chi connectivity index (χ0n) is 9.45. The number of Topliss-reactive ketones (excluding diaryl/α,β-unsaturated/α-hetero) is 1. The van der Waals surface area contributed by atoms with Crippen LogP contribution in [0.2, 0.25) is 0 Å². The van der Waals surface area contributed by atoms with E-state index >= 15 is 0 Å². The summed E-state index contributed by atoms with van der Waals surface area (Å²) in [5.41, 5.74) is 0. The van der Waals surface area contributed by atoms with Crippen molar-refractivity contribution in [3.8, 4) is 0 Å². The van der Waals surface area contributed by atoms with Crippen LogP contribution in [0.3, 0.4) is 0 Å². The maximum absolute atomic E-state index is 11.3. The quantitative estimate of drug-likeness (QED) is 0.680. The number of carbonyl (C=O) groups excluding carboxylic acids is 1. The molecule has 0 spiro atoms. The third kappa shape index (κ3) is 8.57. The molecule has 0 aliphatic carbocycles. The summed E-state index contributed by atoms with van der Waals surface area (Å²) < 4.78 is 0. The van der Waals surface area contributed by atoms with Gasteiger partial charge in [-0.3, -0.25) is 4.79 Å². The summed E-state index contributed by atoms with van der Waals surface area (Å²) in [5, 5.41) is 9.26. The summed E-state index contributed by atoms with van der Waals surface area (Å²) in [4.78, 5) is 11.3. The van der Waals surface area contributed by atoms with Crippen molar-refractivity contribution in [3.63, 3.8) is 0 Å². The van der Waals surface area contributed by atoms with Crippen LogP contribution < -0.4 is 0 Å². The van der Waals surface area contributed by atoms with Crippen molar-refractivity contribution in [1.82, 2.24) is 0 Å². The third-order valence-electron chi connectivity index (χ3n) is 2.05. The normalized spacial score (nSPS) is 13.2. The van der Waals surface area contributed by atoms with Crippen molar-refractivity contribution in [2.75, 3.05) is 11.5 Å². The number of aliphatic hydroxyl groups is 1. The molecule has 0 fully saturated rings. The van der Waals surface area contributed by atoms with Gasteiger partial charge in [-0.1, -0.05) is 20.8 Å². The highest BCUT2D eigenvalue weighted by molar-refractivity contribution is 7.99. The van der Waals surface area contributed by atoms with E-state index in [1.807, 2.05) is 6.92 Å². The Hall–Kier alpha value is -0.0200. The highest BCUT2D eigenvalue weighted by Gasteiger charge is 2.06. The molecule has 0 radical (unpaired) electrons. The van der Waals surface area contributed by atoms with Crippen molar-refractivity contribution in [3.05, 3.63) is 0 Å². The zero-order chi connectivity index (χ0) is 11.0. The van der Waals surface area contributed by atoms with Gasteiger partial charge >= 0.3 is 0 Å². The van der Waals surface area contributed by atoms with Crippen molar-refractivity contribution in [2.24, 2.45) is 5.92 Å². The molecule has 1 N–H and O–H groups in total. The van der Waals surface area contributed by atoms with Crippen LogP contribution in [0.15, 0.2) is 0 Å². The van der Waals surface area contributed by atoms with Gasteiger partial charge in [-0.05, 0) is 18.8 Å². The van der Waals surface area contributed by atoms with Crippen LogP contribution in [0.1, 0.15) is 40.0 Å². The Bertz CT molecular complexity index is 157. The van der Waals surface area contributed by atoms with Gasteiger partial charge < -0.3 is 5.11 Å². The summed E-state index contributed by atoms with van der Waals surface area (Å²) in [6.07, 6.45) is 2.19. The highest BCUT2D eigenvalue weighted by atomic mass is 32.2. The first kappa shape index (κ1) is 14.0. The predicted molar refractivity (Wildman–Crippen MR) is 62.7 cm³/mol. The minimum absolute atomic E-state index is 0.252. The molecular formula is C11H22O2S. The van der Waals surface area contributed by atoms with Gasteiger partial charge in [0.15, 0.2) is 0 Å². The van der Waals surface area contributed by atoms with Gasteiger partial charge in [-0.25, -0.2) is 0 Å². The lowest BCUT2D eigenvalue weighted by molar-refractivity contribution is -0.116. The van der Waals surface area contributed by atoms with Gasteiger partial charge in [0.25, 0.3) is 0 Å². The fraction of sp³-hybridized carbons (Fsp3) is 0.909. The van der Waals surface area contributed by atoms with Crippen LogP contribution in [0, 0.1) is 5.92 Å². The number of thioether (sulfide) groups is 1. The smallest absolute Gasteiger partial charge is 0.142 e. The van der Waals surface area contributed by atoms with Crippen LogP contribution >= 0.6 is 11.8 Å². The van der Waals surface area contributed by atoms with Crippen LogP contribution in [0.25, 0.3) is 0 Å². The summed E-state index contributed by atoms with van der Waals surface area (Å²) >= 11 is 1.55. The average Bonchev–Trinajstić information content (AvgIpc) is 2.14. The highest BCUT2D eigenvalue weighted by Crippen LogP contribution is 2.09. The fourth-order valence-corrected chi connectivity index (χ4v) is 1.95. The first-order valence-electron chi connectivity index (χ1n) is 5.33. The molecule has 0 saturated heterocycles. The topological polar surface area (TPSA) is 37.3 Å². The Labute approximate surface area is 91.5 Å². The van der Waals surface area contributed by atoms with Crippen molar-refractivity contribution >= 4 is 17.5 Å². The Balaban J connectivity index is 3.35. The molecular weight excluding hydrogens is 196 g/mol. The molecule has 0 bridgehead atoms. The van der Waals surface area contributed by atoms with Crippen LogP contribution in [0.5, 0.6) is 0 Å². The average molecular weight is 218 g/mol. The Morgan fingerprint density at radius 1 is 1.43 bits per heavy atom. The Morgan fingerprint density at radius 2 is 2.07 bits per heavy atom. The molecule has 0 amide bonds. The molecule has 0 rings (SSSR count). The van der Waals surface area contributed by atoms with E-state index in [9.17, 15) is 9.90 Å². The van der Waals surface area contributed by atoms with Gasteiger partial charge in [0.2, 0.25) is 0 Å². The molecule has 0 aromatic carbocycles. The van der Waals surface area contributed by atoms with Gasteiger partial charge in [0.1, 0.15) is 5.78 Å². The molecule has 1 atom stereocenters. The Kier molecular flexibility index (Phi) is 8.29. The number of aliphatic hydroxyl groups excluding tert-OH is 1. The second-order valence-electron chi connectivity index (χ2n) is 4.05. The third-order valence-corrected chi connectivity index (χ3v) is 3.19. The number of carbonyl (C=O) groups is 1. The Morgan fingerprint density at radius 3 is 2.57 bits per heavy atom. The van der Waals surface area contributed by atoms with Gasteiger partial charge in [0, 0.05) is 12.2 Å². The molecule has 1 unspecified atom stereocenters. The summed E-state index contributed by atoms with van der Waals surface area (Å²) in [7, 11) is 0. The van der Waals surface area contributed by atoms with Crippen molar-refractivity contribution < 1.29 is 9.90 Å². The minimum Gasteiger partial charge on any atom is -0.392 e. The first-order valence-corrected chi connectivity index (χ1v) is 6.49. The van der Waals surface area contributed by atoms with Crippen LogP contribution in [-0.2, 0) is 4.79 Å². The molecule has 0 aromatic heterocycles. The lowest BCUT2D eigenvalue weighted by Gasteiger charge is -2.07. The standard InChI is InChI=1S/C11H22O2S/c1-4-10(12)7-14-8-11(13)6-5-9(2)3/h9-10,12H,4-8H2,1-3H3. The largest absolute Gasteiger partial charge is 0.392 e. The van der Waals surface area contributed by atoms with Gasteiger partial charge in [-0.15, -0.1) is 0 Å². The molecule has 3 heteroatoms. The lowest BCUT2D eigenvalue weighted by Crippen LogP contribution is -2.11. The summed E-state index contributed by atoms with van der Waals surface area (Å²) in [5.74, 6) is 2.16. The first-order chi connectivity index (χ1) is 6.56. The molecule has 2 nitrogen and oxygen atoms in total. The second-order valence-corrected chi connectivity index (χ2v) is 5.08. The maximum Gasteiger partial charge on any atom is 0.142 e. The molecule has 0 aliphatic heterocycles. The van der Waals surface area contributed by atoms with E-state index in [2.05, 4.69) is 13.8 Å². The van der Waals surface area contributed by atoms with E-state index in [-0.39, 0.29) is 6.10 Å². The SMILES string of the molecule is CCC(O)CSCC(=O)CCC(C)C. The maximum atomic E-state index is 11.3. The molecule has 84 valence electrons. The van der Waals surface area contributed by atoms with Gasteiger partial charge in [-0.2, -0.15) is 11.8 Å². The number of ketones is 1. The molecule has 14 heavy (non-hydrogen) atoms. The fourth-order valence-electron chi connectivity index (χ4n) is 0.948. The van der Waals surface area contributed by atoms with E-state index in [1.54, 1.807) is 11.8 Å². The van der Waals surface area contributed by atoms with Crippen LogP contribution in [-0.4, -0.2) is 28.5 Å². The van der Waals surface area contributed by atoms with E-state index in [4.69, 9.17) is 0 Å². The molecule has 0 heterocycles. The second kappa shape index (κ2) is 8.30. The van der Waals surface area contributed by atoms with E-state index < -0.39 is 0 Å². The summed E-state index contributed by atoms with van der Waals surface area (Å²) in [6.45, 7) is 6.20. The van der Waals surface area contributed by atoms with E-state index in [1.165, 1.54) is 0 Å². The summed E-state index contributed by atoms with van der Waals surface area (Å²) in [6, 6.07) is 0. The number of hydrogen-bond donors (Lipinski definition) is 1. The number of rotatable bonds is 8. The van der Waals surface area contributed by atoms with Crippen molar-refractivity contribution in [2.45, 2.75) is 46.1 Å². The van der Waals surface area contributed by atoms with Crippen LogP contribution in [0.4, 0.5) is 0 Å². The lowest BCUT2D eigenvalue weighted by atomic mass is 10.1. The monoisotopic (exact) mass is 218 g/mol. The zero-order valence-corrected chi connectivity index (χ0v) is 10.3. The van der Waals surface area contributed by atoms with E-state index in [0.717, 1.165) is 12.8 Å². The number of hydrogen-bond acceptors (Lipinski definition) is 3. The van der Waals surface area contributed by atoms with Crippen molar-refractivity contribution in [1.29, 1.82) is 0 Å². The van der Waals surface area contributed by atoms with E-state index in [0.29, 0.717) is 29.6 Å². The minimum atomic E-state index is -0.252. The van der Waals surface area contributed by atoms with Gasteiger partial charge in [0.05, 0.1) is 11.9 Å².